The average molecular weight is 157 g/mol. The van der Waals surface area contributed by atoms with E-state index >= 15 is 0 Å². The highest BCUT2D eigenvalue weighted by Gasteiger charge is 1.87. The predicted octanol–water partition coefficient (Wildman–Crippen LogP) is 2.07. The molecule has 0 unspecified atom stereocenters. The minimum atomic E-state index is 0.968. The molecule has 0 saturated heterocycles. The van der Waals surface area contributed by atoms with Gasteiger partial charge in [0.15, 0.2) is 0 Å². The lowest BCUT2D eigenvalue weighted by Crippen LogP contribution is -2.08. The summed E-state index contributed by atoms with van der Waals surface area (Å²) in [4.78, 5) is 2.33. The van der Waals surface area contributed by atoms with E-state index in [0.717, 1.165) is 5.69 Å². The standard InChI is InChI=1S/C7H9ClN2/c1-6-3-2-4-7(5-6)9-10-8/h2-5,9-10H,1H3. The van der Waals surface area contributed by atoms with Gasteiger partial charge in [-0.05, 0) is 36.4 Å². The molecule has 2 N–H and O–H groups in total. The fraction of sp³-hybridized carbons (Fsp3) is 0.143. The van der Waals surface area contributed by atoms with E-state index in [-0.39, 0.29) is 0 Å². The molecule has 3 heteroatoms. The molecular formula is C7H9ClN2. The predicted molar refractivity (Wildman–Crippen MR) is 43.8 cm³/mol. The first-order chi connectivity index (χ1) is 4.83. The van der Waals surface area contributed by atoms with Gasteiger partial charge in [0.2, 0.25) is 0 Å². The molecule has 0 aromatic heterocycles. The molecule has 0 amide bonds. The molecule has 0 fully saturated rings. The van der Waals surface area contributed by atoms with Crippen LogP contribution in [0.25, 0.3) is 0 Å². The van der Waals surface area contributed by atoms with Gasteiger partial charge in [-0.1, -0.05) is 12.1 Å². The van der Waals surface area contributed by atoms with Gasteiger partial charge in [0.25, 0.3) is 0 Å². The van der Waals surface area contributed by atoms with Crippen molar-refractivity contribution in [1.82, 2.24) is 4.94 Å². The van der Waals surface area contributed by atoms with Gasteiger partial charge in [-0.2, -0.15) is 0 Å². The lowest BCUT2D eigenvalue weighted by Gasteiger charge is -2.01. The average Bonchev–Trinajstić information content (AvgIpc) is 1.88. The van der Waals surface area contributed by atoms with Gasteiger partial charge >= 0.3 is 0 Å². The molecule has 0 spiro atoms. The Balaban J connectivity index is 2.75. The quantitative estimate of drug-likeness (QED) is 0.506. The van der Waals surface area contributed by atoms with Crippen LogP contribution in [-0.4, -0.2) is 0 Å². The van der Waals surface area contributed by atoms with Crippen molar-refractivity contribution >= 4 is 17.5 Å². The molecule has 0 heterocycles. The highest BCUT2D eigenvalue weighted by molar-refractivity contribution is 6.13. The summed E-state index contributed by atoms with van der Waals surface area (Å²) in [6, 6.07) is 7.92. The lowest BCUT2D eigenvalue weighted by molar-refractivity contribution is 1.20. The van der Waals surface area contributed by atoms with E-state index in [2.05, 4.69) is 10.4 Å². The minimum Gasteiger partial charge on any atom is -0.308 e. The Morgan fingerprint density at radius 1 is 1.40 bits per heavy atom. The van der Waals surface area contributed by atoms with E-state index in [1.54, 1.807) is 0 Å². The van der Waals surface area contributed by atoms with Crippen molar-refractivity contribution in [3.63, 3.8) is 0 Å². The second-order valence-electron chi connectivity index (χ2n) is 2.09. The van der Waals surface area contributed by atoms with E-state index < -0.39 is 0 Å². The Hall–Kier alpha value is -0.730. The van der Waals surface area contributed by atoms with Gasteiger partial charge in [-0.25, -0.2) is 0 Å². The molecular weight excluding hydrogens is 148 g/mol. The first-order valence-electron chi connectivity index (χ1n) is 3.01. The molecule has 54 valence electrons. The molecule has 0 saturated carbocycles. The van der Waals surface area contributed by atoms with E-state index in [9.17, 15) is 0 Å². The largest absolute Gasteiger partial charge is 0.308 e. The van der Waals surface area contributed by atoms with Crippen LogP contribution in [0.1, 0.15) is 5.56 Å². The van der Waals surface area contributed by atoms with E-state index in [1.165, 1.54) is 5.56 Å². The molecule has 0 bridgehead atoms. The third-order valence-corrected chi connectivity index (χ3v) is 1.30. The first-order valence-corrected chi connectivity index (χ1v) is 3.39. The second kappa shape index (κ2) is 3.44. The van der Waals surface area contributed by atoms with Crippen LogP contribution >= 0.6 is 11.8 Å². The first kappa shape index (κ1) is 7.38. The summed E-state index contributed by atoms with van der Waals surface area (Å²) in [5, 5.41) is 0. The van der Waals surface area contributed by atoms with Gasteiger partial charge in [0.05, 0.1) is 5.69 Å². The minimum absolute atomic E-state index is 0.968. The van der Waals surface area contributed by atoms with Gasteiger partial charge < -0.3 is 5.43 Å². The zero-order valence-electron chi connectivity index (χ0n) is 5.69. The number of hydrogen-bond donors (Lipinski definition) is 2. The molecule has 10 heavy (non-hydrogen) atoms. The maximum absolute atomic E-state index is 5.23. The molecule has 0 radical (unpaired) electrons. The van der Waals surface area contributed by atoms with Crippen molar-refractivity contribution in [1.29, 1.82) is 0 Å². The van der Waals surface area contributed by atoms with Crippen LogP contribution in [-0.2, 0) is 0 Å². The van der Waals surface area contributed by atoms with Crippen molar-refractivity contribution < 1.29 is 0 Å². The molecule has 0 aliphatic carbocycles. The second-order valence-corrected chi connectivity index (χ2v) is 2.28. The number of rotatable bonds is 2. The Morgan fingerprint density at radius 3 is 2.80 bits per heavy atom. The highest BCUT2D eigenvalue weighted by Crippen LogP contribution is 2.07. The van der Waals surface area contributed by atoms with Gasteiger partial charge in [0.1, 0.15) is 0 Å². The zero-order chi connectivity index (χ0) is 7.40. The van der Waals surface area contributed by atoms with Crippen molar-refractivity contribution in [3.8, 4) is 0 Å². The monoisotopic (exact) mass is 156 g/mol. The van der Waals surface area contributed by atoms with Crippen molar-refractivity contribution in [2.24, 2.45) is 0 Å². The molecule has 0 atom stereocenters. The van der Waals surface area contributed by atoms with Crippen LogP contribution in [0.2, 0.25) is 0 Å². The number of aryl methyl sites for hydroxylation is 1. The Kier molecular flexibility index (Phi) is 2.54. The maximum atomic E-state index is 5.23. The van der Waals surface area contributed by atoms with Crippen LogP contribution in [0.4, 0.5) is 5.69 Å². The van der Waals surface area contributed by atoms with Gasteiger partial charge in [-0.3, -0.25) is 0 Å². The van der Waals surface area contributed by atoms with Crippen LogP contribution < -0.4 is 10.4 Å². The Bertz CT molecular complexity index is 213. The van der Waals surface area contributed by atoms with E-state index in [1.807, 2.05) is 31.2 Å². The number of nitrogens with one attached hydrogen (secondary N) is 2. The summed E-state index contributed by atoms with van der Waals surface area (Å²) >= 11 is 5.23. The molecule has 1 rings (SSSR count). The van der Waals surface area contributed by atoms with Gasteiger partial charge in [-0.15, -0.1) is 4.94 Å². The molecule has 1 aromatic carbocycles. The topological polar surface area (TPSA) is 24.1 Å². The van der Waals surface area contributed by atoms with Crippen LogP contribution in [0.3, 0.4) is 0 Å². The van der Waals surface area contributed by atoms with Crippen LogP contribution in [0.15, 0.2) is 24.3 Å². The van der Waals surface area contributed by atoms with Crippen LogP contribution in [0, 0.1) is 6.92 Å². The fourth-order valence-corrected chi connectivity index (χ4v) is 0.886. The molecule has 0 aliphatic heterocycles. The number of hydrazine groups is 1. The normalized spacial score (nSPS) is 9.40. The fourth-order valence-electron chi connectivity index (χ4n) is 0.777. The third kappa shape index (κ3) is 1.90. The Morgan fingerprint density at radius 2 is 2.20 bits per heavy atom. The summed E-state index contributed by atoms with van der Waals surface area (Å²) in [6.45, 7) is 2.03. The number of halogens is 1. The smallest absolute Gasteiger partial charge is 0.0502 e. The number of anilines is 1. The van der Waals surface area contributed by atoms with E-state index in [0.29, 0.717) is 0 Å². The molecule has 1 aromatic rings. The van der Waals surface area contributed by atoms with Crippen molar-refractivity contribution in [3.05, 3.63) is 29.8 Å². The van der Waals surface area contributed by atoms with Gasteiger partial charge in [0, 0.05) is 0 Å². The number of benzene rings is 1. The highest BCUT2D eigenvalue weighted by atomic mass is 35.5. The summed E-state index contributed by atoms with van der Waals surface area (Å²) in [5.74, 6) is 0. The molecule has 0 aliphatic rings. The van der Waals surface area contributed by atoms with Crippen molar-refractivity contribution in [2.45, 2.75) is 6.92 Å². The Labute approximate surface area is 65.3 Å². The van der Waals surface area contributed by atoms with E-state index in [4.69, 9.17) is 11.8 Å². The van der Waals surface area contributed by atoms with Crippen molar-refractivity contribution in [2.75, 3.05) is 5.43 Å². The third-order valence-electron chi connectivity index (χ3n) is 1.21. The maximum Gasteiger partial charge on any atom is 0.0502 e. The molecule has 2 nitrogen and oxygen atoms in total. The SMILES string of the molecule is Cc1cccc(NNCl)c1. The summed E-state index contributed by atoms with van der Waals surface area (Å²) in [6.07, 6.45) is 0. The summed E-state index contributed by atoms with van der Waals surface area (Å²) in [5.41, 5.74) is 4.94. The summed E-state index contributed by atoms with van der Waals surface area (Å²) in [7, 11) is 0. The van der Waals surface area contributed by atoms with Crippen LogP contribution in [0.5, 0.6) is 0 Å². The number of hydrogen-bond acceptors (Lipinski definition) is 2. The lowest BCUT2D eigenvalue weighted by atomic mass is 10.2. The zero-order valence-corrected chi connectivity index (χ0v) is 6.44. The summed E-state index contributed by atoms with van der Waals surface area (Å²) < 4.78 is 0.